The molecule has 1 N–H and O–H groups in total. The summed E-state index contributed by atoms with van der Waals surface area (Å²) in [6.07, 6.45) is 7.68. The topological polar surface area (TPSA) is 43.8 Å². The van der Waals surface area contributed by atoms with E-state index < -0.39 is 6.09 Å². The maximum atomic E-state index is 11.4. The van der Waals surface area contributed by atoms with Gasteiger partial charge in [0.1, 0.15) is 0 Å². The van der Waals surface area contributed by atoms with Crippen LogP contribution in [0, 0.1) is 11.8 Å². The van der Waals surface area contributed by atoms with Crippen molar-refractivity contribution in [1.29, 1.82) is 0 Å². The molecule has 1 heterocycles. The van der Waals surface area contributed by atoms with Crippen LogP contribution in [0.2, 0.25) is 5.02 Å². The number of hydrogen-bond donors (Lipinski definition) is 1. The number of rotatable bonds is 7. The van der Waals surface area contributed by atoms with Gasteiger partial charge in [-0.2, -0.15) is 0 Å². The second-order valence-corrected chi connectivity index (χ2v) is 9.66. The third-order valence-corrected chi connectivity index (χ3v) is 7.13. The molecule has 1 saturated carbocycles. The van der Waals surface area contributed by atoms with Crippen LogP contribution < -0.4 is 4.90 Å². The number of likely N-dealkylation sites (tertiary alicyclic amines) is 1. The van der Waals surface area contributed by atoms with E-state index >= 15 is 0 Å². The zero-order chi connectivity index (χ0) is 21.6. The molecule has 5 heteroatoms. The Balaban J connectivity index is 1.55. The van der Waals surface area contributed by atoms with Crippen molar-refractivity contribution in [2.75, 3.05) is 31.1 Å². The molecular weight excluding hydrogens is 408 g/mol. The molecule has 0 radical (unpaired) electrons. The number of nitrogens with zero attached hydrogens (tertiary/aromatic N) is 2. The minimum atomic E-state index is -0.788. The molecule has 4 rings (SSSR count). The molecule has 1 saturated heterocycles. The Hall–Kier alpha value is -2.20. The highest BCUT2D eigenvalue weighted by Crippen LogP contribution is 2.31. The lowest BCUT2D eigenvalue weighted by molar-refractivity contribution is 0.154. The Bertz CT molecular complexity index is 864. The fraction of sp³-hybridized carbons (Fsp3) is 0.500. The molecule has 0 spiro atoms. The van der Waals surface area contributed by atoms with Crippen molar-refractivity contribution in [1.82, 2.24) is 4.90 Å². The molecule has 2 aromatic rings. The van der Waals surface area contributed by atoms with Gasteiger partial charge < -0.3 is 14.9 Å². The fourth-order valence-corrected chi connectivity index (χ4v) is 5.34. The van der Waals surface area contributed by atoms with Crippen molar-refractivity contribution in [3.63, 3.8) is 0 Å². The van der Waals surface area contributed by atoms with E-state index in [1.165, 1.54) is 48.9 Å². The smallest absolute Gasteiger partial charge is 0.407 e. The molecule has 0 bridgehead atoms. The van der Waals surface area contributed by atoms with E-state index in [2.05, 4.69) is 41.3 Å². The number of halogens is 1. The second kappa shape index (κ2) is 10.4. The zero-order valence-corrected chi connectivity index (χ0v) is 18.9. The van der Waals surface area contributed by atoms with Crippen molar-refractivity contribution in [3.05, 3.63) is 64.7 Å². The zero-order valence-electron chi connectivity index (χ0n) is 18.2. The van der Waals surface area contributed by atoms with Gasteiger partial charge in [0.25, 0.3) is 0 Å². The van der Waals surface area contributed by atoms with Gasteiger partial charge in [-0.1, -0.05) is 61.2 Å². The monoisotopic (exact) mass is 440 g/mol. The minimum absolute atomic E-state index is 0.392. The van der Waals surface area contributed by atoms with Gasteiger partial charge in [0.15, 0.2) is 0 Å². The number of hydrogen-bond acceptors (Lipinski definition) is 2. The molecule has 0 aromatic heterocycles. The van der Waals surface area contributed by atoms with Crippen molar-refractivity contribution >= 4 is 23.4 Å². The normalized spacial score (nSPS) is 19.5. The van der Waals surface area contributed by atoms with Gasteiger partial charge in [-0.25, -0.2) is 4.79 Å². The van der Waals surface area contributed by atoms with Crippen molar-refractivity contribution in [3.8, 4) is 0 Å². The van der Waals surface area contributed by atoms with Gasteiger partial charge in [0, 0.05) is 36.9 Å². The van der Waals surface area contributed by atoms with E-state index in [1.807, 2.05) is 12.1 Å². The maximum absolute atomic E-state index is 11.4. The van der Waals surface area contributed by atoms with E-state index in [4.69, 9.17) is 11.6 Å². The Morgan fingerprint density at radius 1 is 0.968 bits per heavy atom. The van der Waals surface area contributed by atoms with Gasteiger partial charge in [0.2, 0.25) is 0 Å². The average Bonchev–Trinajstić information content (AvgIpc) is 3.25. The van der Waals surface area contributed by atoms with Gasteiger partial charge in [-0.3, -0.25) is 0 Å². The lowest BCUT2D eigenvalue weighted by atomic mass is 9.88. The van der Waals surface area contributed by atoms with Gasteiger partial charge in [-0.05, 0) is 66.8 Å². The first-order valence-electron chi connectivity index (χ1n) is 11.6. The molecule has 1 amide bonds. The summed E-state index contributed by atoms with van der Waals surface area (Å²) in [6.45, 7) is 3.30. The SMILES string of the molecule is O=C(O)N1CCC(CN(CC2CCCCC2)c2ccccc2Cc2ccc(Cl)cc2)C1. The highest BCUT2D eigenvalue weighted by molar-refractivity contribution is 6.30. The molecule has 2 fully saturated rings. The third-order valence-electron chi connectivity index (χ3n) is 6.88. The highest BCUT2D eigenvalue weighted by atomic mass is 35.5. The van der Waals surface area contributed by atoms with Gasteiger partial charge in [0.05, 0.1) is 0 Å². The summed E-state index contributed by atoms with van der Waals surface area (Å²) in [6, 6.07) is 16.9. The number of carboxylic acid groups (broad SMARTS) is 1. The van der Waals surface area contributed by atoms with Crippen LogP contribution in [0.1, 0.15) is 49.7 Å². The first-order chi connectivity index (χ1) is 15.1. The molecule has 2 aliphatic rings. The minimum Gasteiger partial charge on any atom is -0.465 e. The van der Waals surface area contributed by atoms with Crippen LogP contribution in [-0.2, 0) is 6.42 Å². The summed E-state index contributed by atoms with van der Waals surface area (Å²) in [7, 11) is 0. The van der Waals surface area contributed by atoms with Crippen molar-refractivity contribution in [2.45, 2.75) is 44.9 Å². The third kappa shape index (κ3) is 5.94. The van der Waals surface area contributed by atoms with Crippen LogP contribution in [0.25, 0.3) is 0 Å². The van der Waals surface area contributed by atoms with E-state index in [0.29, 0.717) is 19.0 Å². The predicted octanol–water partition coefficient (Wildman–Crippen LogP) is 6.32. The lowest BCUT2D eigenvalue weighted by Crippen LogP contribution is -2.36. The van der Waals surface area contributed by atoms with Crippen LogP contribution in [-0.4, -0.2) is 42.3 Å². The Labute approximate surface area is 190 Å². The summed E-state index contributed by atoms with van der Waals surface area (Å²) in [5.41, 5.74) is 3.89. The molecule has 1 unspecified atom stereocenters. The molecular formula is C26H33ClN2O2. The van der Waals surface area contributed by atoms with Crippen molar-refractivity contribution < 1.29 is 9.90 Å². The van der Waals surface area contributed by atoms with Crippen LogP contribution >= 0.6 is 11.6 Å². The molecule has 1 aliphatic carbocycles. The number of benzene rings is 2. The molecule has 1 atom stereocenters. The van der Waals surface area contributed by atoms with Crippen LogP contribution in [0.5, 0.6) is 0 Å². The number of carbonyl (C=O) groups is 1. The number of amides is 1. The summed E-state index contributed by atoms with van der Waals surface area (Å²) < 4.78 is 0. The first kappa shape index (κ1) is 22.0. The van der Waals surface area contributed by atoms with E-state index in [0.717, 1.165) is 36.9 Å². The standard InChI is InChI=1S/C26H33ClN2O2/c27-24-12-10-20(11-13-24)16-23-8-4-5-9-25(23)29(17-21-6-2-1-3-7-21)19-22-14-15-28(18-22)26(30)31/h4-5,8-13,21-22H,1-3,6-7,14-19H2,(H,30,31). The number of anilines is 1. The van der Waals surface area contributed by atoms with Crippen LogP contribution in [0.3, 0.4) is 0 Å². The van der Waals surface area contributed by atoms with Gasteiger partial charge >= 0.3 is 6.09 Å². The lowest BCUT2D eigenvalue weighted by Gasteiger charge is -2.34. The molecule has 31 heavy (non-hydrogen) atoms. The Morgan fingerprint density at radius 2 is 1.68 bits per heavy atom. The summed E-state index contributed by atoms with van der Waals surface area (Å²) >= 11 is 6.08. The van der Waals surface area contributed by atoms with Crippen LogP contribution in [0.4, 0.5) is 10.5 Å². The second-order valence-electron chi connectivity index (χ2n) is 9.22. The van der Waals surface area contributed by atoms with E-state index in [-0.39, 0.29) is 0 Å². The largest absolute Gasteiger partial charge is 0.465 e. The number of para-hydroxylation sites is 1. The van der Waals surface area contributed by atoms with Gasteiger partial charge in [-0.15, -0.1) is 0 Å². The molecule has 4 nitrogen and oxygen atoms in total. The maximum Gasteiger partial charge on any atom is 0.407 e. The Kier molecular flexibility index (Phi) is 7.39. The Morgan fingerprint density at radius 3 is 2.39 bits per heavy atom. The van der Waals surface area contributed by atoms with Crippen LogP contribution in [0.15, 0.2) is 48.5 Å². The summed E-state index contributed by atoms with van der Waals surface area (Å²) in [5.74, 6) is 1.12. The average molecular weight is 441 g/mol. The highest BCUT2D eigenvalue weighted by Gasteiger charge is 2.29. The van der Waals surface area contributed by atoms with E-state index in [9.17, 15) is 9.90 Å². The first-order valence-corrected chi connectivity index (χ1v) is 12.0. The fourth-order valence-electron chi connectivity index (χ4n) is 5.21. The molecule has 166 valence electrons. The molecule has 1 aliphatic heterocycles. The predicted molar refractivity (Wildman–Crippen MR) is 127 cm³/mol. The molecule has 2 aromatic carbocycles. The van der Waals surface area contributed by atoms with E-state index in [1.54, 1.807) is 4.90 Å². The van der Waals surface area contributed by atoms with Crippen molar-refractivity contribution in [2.24, 2.45) is 11.8 Å². The summed E-state index contributed by atoms with van der Waals surface area (Å²) in [5, 5.41) is 10.1. The summed E-state index contributed by atoms with van der Waals surface area (Å²) in [4.78, 5) is 15.5. The quantitative estimate of drug-likeness (QED) is 0.548.